The first-order valence-electron chi connectivity index (χ1n) is 5.87. The zero-order chi connectivity index (χ0) is 14.7. The van der Waals surface area contributed by atoms with E-state index >= 15 is 0 Å². The van der Waals surface area contributed by atoms with Crippen molar-refractivity contribution in [3.8, 4) is 11.5 Å². The molecule has 0 aliphatic carbocycles. The molecule has 5 heteroatoms. The summed E-state index contributed by atoms with van der Waals surface area (Å²) in [6, 6.07) is 10.1. The molecule has 1 atom stereocenters. The molecule has 0 radical (unpaired) electrons. The molecule has 2 aromatic carbocycles. The van der Waals surface area contributed by atoms with Crippen molar-refractivity contribution in [1.29, 1.82) is 0 Å². The van der Waals surface area contributed by atoms with E-state index in [1.807, 2.05) is 12.1 Å². The lowest BCUT2D eigenvalue weighted by Crippen LogP contribution is -1.99. The Kier molecular flexibility index (Phi) is 5.05. The first-order valence-corrected chi connectivity index (χ1v) is 7.58. The second-order valence-electron chi connectivity index (χ2n) is 4.14. The largest absolute Gasteiger partial charge is 0.497 e. The van der Waals surface area contributed by atoms with E-state index in [-0.39, 0.29) is 10.6 Å². The molecule has 0 amide bonds. The van der Waals surface area contributed by atoms with Gasteiger partial charge in [0, 0.05) is 16.1 Å². The van der Waals surface area contributed by atoms with Crippen LogP contribution in [0.2, 0.25) is 0 Å². The fourth-order valence-electron chi connectivity index (χ4n) is 1.90. The Bertz CT molecular complexity index is 617. The highest BCUT2D eigenvalue weighted by Crippen LogP contribution is 2.41. The van der Waals surface area contributed by atoms with Gasteiger partial charge in [-0.3, -0.25) is 0 Å². The van der Waals surface area contributed by atoms with Crippen LogP contribution < -0.4 is 9.47 Å². The van der Waals surface area contributed by atoms with Crippen molar-refractivity contribution in [1.82, 2.24) is 0 Å². The SMILES string of the molecule is COc1ccc(C(Br)c2cc(F)ccc2Br)c(OC)c1. The van der Waals surface area contributed by atoms with Crippen LogP contribution in [0.4, 0.5) is 4.39 Å². The molecule has 0 aromatic heterocycles. The summed E-state index contributed by atoms with van der Waals surface area (Å²) in [6.45, 7) is 0. The quantitative estimate of drug-likeness (QED) is 0.662. The third-order valence-corrected chi connectivity index (χ3v) is 4.65. The van der Waals surface area contributed by atoms with Crippen LogP contribution in [0.1, 0.15) is 16.0 Å². The molecule has 0 bridgehead atoms. The topological polar surface area (TPSA) is 18.5 Å². The second kappa shape index (κ2) is 6.59. The molecule has 0 spiro atoms. The van der Waals surface area contributed by atoms with Gasteiger partial charge in [-0.1, -0.05) is 37.9 Å². The number of hydrogen-bond donors (Lipinski definition) is 0. The van der Waals surface area contributed by atoms with Crippen LogP contribution in [0.25, 0.3) is 0 Å². The van der Waals surface area contributed by atoms with Crippen molar-refractivity contribution in [2.24, 2.45) is 0 Å². The lowest BCUT2D eigenvalue weighted by Gasteiger charge is -2.17. The number of alkyl halides is 1. The smallest absolute Gasteiger partial charge is 0.127 e. The summed E-state index contributed by atoms with van der Waals surface area (Å²) in [5.74, 6) is 1.12. The molecule has 0 aliphatic heterocycles. The molecule has 106 valence electrons. The van der Waals surface area contributed by atoms with Crippen molar-refractivity contribution in [3.63, 3.8) is 0 Å². The molecule has 0 fully saturated rings. The van der Waals surface area contributed by atoms with Crippen molar-refractivity contribution in [3.05, 3.63) is 57.8 Å². The van der Waals surface area contributed by atoms with Crippen molar-refractivity contribution in [2.45, 2.75) is 4.83 Å². The summed E-state index contributed by atoms with van der Waals surface area (Å²) >= 11 is 7.04. The normalized spacial score (nSPS) is 12.1. The lowest BCUT2D eigenvalue weighted by molar-refractivity contribution is 0.391. The average molecular weight is 404 g/mol. The summed E-state index contributed by atoms with van der Waals surface area (Å²) in [6.07, 6.45) is 0. The molecule has 2 aromatic rings. The molecule has 2 nitrogen and oxygen atoms in total. The molecular formula is C15H13Br2FO2. The van der Waals surface area contributed by atoms with Crippen molar-refractivity contribution >= 4 is 31.9 Å². The highest BCUT2D eigenvalue weighted by Gasteiger charge is 2.19. The Morgan fingerprint density at radius 3 is 2.40 bits per heavy atom. The van der Waals surface area contributed by atoms with Crippen molar-refractivity contribution < 1.29 is 13.9 Å². The van der Waals surface area contributed by atoms with E-state index in [2.05, 4.69) is 31.9 Å². The Morgan fingerprint density at radius 1 is 1.00 bits per heavy atom. The van der Waals surface area contributed by atoms with Gasteiger partial charge < -0.3 is 9.47 Å². The monoisotopic (exact) mass is 402 g/mol. The molecule has 0 saturated heterocycles. The van der Waals surface area contributed by atoms with E-state index in [4.69, 9.17) is 9.47 Å². The van der Waals surface area contributed by atoms with Crippen LogP contribution in [-0.2, 0) is 0 Å². The minimum absolute atomic E-state index is 0.187. The maximum absolute atomic E-state index is 13.4. The lowest BCUT2D eigenvalue weighted by atomic mass is 10.0. The minimum Gasteiger partial charge on any atom is -0.497 e. The van der Waals surface area contributed by atoms with Gasteiger partial charge in [-0.15, -0.1) is 0 Å². The Morgan fingerprint density at radius 2 is 1.75 bits per heavy atom. The number of ether oxygens (including phenoxy) is 2. The highest BCUT2D eigenvalue weighted by molar-refractivity contribution is 9.11. The van der Waals surface area contributed by atoms with Crippen LogP contribution in [0.5, 0.6) is 11.5 Å². The van der Waals surface area contributed by atoms with E-state index in [9.17, 15) is 4.39 Å². The van der Waals surface area contributed by atoms with Gasteiger partial charge in [-0.05, 0) is 29.8 Å². The predicted octanol–water partition coefficient (Wildman–Crippen LogP) is 5.09. The molecular weight excluding hydrogens is 391 g/mol. The summed E-state index contributed by atoms with van der Waals surface area (Å²) in [7, 11) is 3.20. The van der Waals surface area contributed by atoms with Gasteiger partial charge in [0.25, 0.3) is 0 Å². The first-order chi connectivity index (χ1) is 9.56. The summed E-state index contributed by atoms with van der Waals surface area (Å²) in [4.78, 5) is -0.187. The number of hydrogen-bond acceptors (Lipinski definition) is 2. The number of benzene rings is 2. The van der Waals surface area contributed by atoms with Crippen LogP contribution in [0.15, 0.2) is 40.9 Å². The van der Waals surface area contributed by atoms with Gasteiger partial charge in [0.2, 0.25) is 0 Å². The van der Waals surface area contributed by atoms with Gasteiger partial charge in [-0.2, -0.15) is 0 Å². The second-order valence-corrected chi connectivity index (χ2v) is 5.91. The molecule has 0 N–H and O–H groups in total. The zero-order valence-electron chi connectivity index (χ0n) is 11.0. The average Bonchev–Trinajstić information content (AvgIpc) is 2.48. The standard InChI is InChI=1S/C15H13Br2FO2/c1-19-10-4-5-11(14(8-10)20-2)15(17)12-7-9(18)3-6-13(12)16/h3-8,15H,1-2H3. The summed E-state index contributed by atoms with van der Waals surface area (Å²) in [5.41, 5.74) is 1.70. The number of halogens is 3. The Hall–Kier alpha value is -1.07. The summed E-state index contributed by atoms with van der Waals surface area (Å²) in [5, 5.41) is 0. The third-order valence-electron chi connectivity index (χ3n) is 2.94. The van der Waals surface area contributed by atoms with E-state index < -0.39 is 0 Å². The maximum atomic E-state index is 13.4. The molecule has 20 heavy (non-hydrogen) atoms. The fraction of sp³-hybridized carbons (Fsp3) is 0.200. The van der Waals surface area contributed by atoms with Crippen LogP contribution in [-0.4, -0.2) is 14.2 Å². The molecule has 0 aliphatic rings. The van der Waals surface area contributed by atoms with Gasteiger partial charge in [0.15, 0.2) is 0 Å². The summed E-state index contributed by atoms with van der Waals surface area (Å²) < 4.78 is 24.8. The van der Waals surface area contributed by atoms with E-state index in [0.717, 1.165) is 15.6 Å². The Balaban J connectivity index is 2.47. The molecule has 0 saturated carbocycles. The minimum atomic E-state index is -0.278. The van der Waals surface area contributed by atoms with Crippen LogP contribution >= 0.6 is 31.9 Å². The number of rotatable bonds is 4. The van der Waals surface area contributed by atoms with Gasteiger partial charge in [0.05, 0.1) is 19.0 Å². The van der Waals surface area contributed by atoms with Gasteiger partial charge >= 0.3 is 0 Å². The van der Waals surface area contributed by atoms with Gasteiger partial charge in [-0.25, -0.2) is 4.39 Å². The third kappa shape index (κ3) is 3.15. The highest BCUT2D eigenvalue weighted by atomic mass is 79.9. The molecule has 1 unspecified atom stereocenters. The molecule has 2 rings (SSSR count). The van der Waals surface area contributed by atoms with Crippen LogP contribution in [0.3, 0.4) is 0 Å². The maximum Gasteiger partial charge on any atom is 0.127 e. The number of methoxy groups -OCH3 is 2. The van der Waals surface area contributed by atoms with E-state index in [0.29, 0.717) is 11.5 Å². The van der Waals surface area contributed by atoms with E-state index in [1.54, 1.807) is 26.4 Å². The Labute approximate surface area is 134 Å². The zero-order valence-corrected chi connectivity index (χ0v) is 14.2. The van der Waals surface area contributed by atoms with E-state index in [1.165, 1.54) is 12.1 Å². The van der Waals surface area contributed by atoms with Crippen molar-refractivity contribution in [2.75, 3.05) is 14.2 Å². The van der Waals surface area contributed by atoms with Crippen LogP contribution in [0, 0.1) is 5.82 Å². The predicted molar refractivity (Wildman–Crippen MR) is 84.4 cm³/mol. The first kappa shape index (κ1) is 15.3. The fourth-order valence-corrected chi connectivity index (χ4v) is 3.44. The molecule has 0 heterocycles. The van der Waals surface area contributed by atoms with Gasteiger partial charge in [0.1, 0.15) is 17.3 Å².